The number of β-amino-alcohol motifs (C(OH)–C–C–N with tert-alkyl or cyclic N) is 1. The molecule has 0 radical (unpaired) electrons. The van der Waals surface area contributed by atoms with Gasteiger partial charge in [-0.05, 0) is 74.9 Å². The van der Waals surface area contributed by atoms with Crippen LogP contribution < -0.4 is 5.32 Å². The third kappa shape index (κ3) is 6.41. The van der Waals surface area contributed by atoms with Crippen LogP contribution in [0.5, 0.6) is 0 Å². The van der Waals surface area contributed by atoms with E-state index in [1.807, 2.05) is 6.07 Å². The lowest BCUT2D eigenvalue weighted by Gasteiger charge is -2.31. The summed E-state index contributed by atoms with van der Waals surface area (Å²) in [6.07, 6.45) is 3.11. The summed E-state index contributed by atoms with van der Waals surface area (Å²) < 4.78 is 1.09. The van der Waals surface area contributed by atoms with Crippen LogP contribution in [-0.4, -0.2) is 41.8 Å². The molecular formula is C24H33BrN2O. The fraction of sp³-hybridized carbons (Fsp3) is 0.500. The number of hydrogen-bond donors (Lipinski definition) is 2. The molecule has 0 unspecified atom stereocenters. The summed E-state index contributed by atoms with van der Waals surface area (Å²) in [5.74, 6) is 0.691. The van der Waals surface area contributed by atoms with Crippen molar-refractivity contribution in [2.24, 2.45) is 5.92 Å². The number of nitrogens with zero attached hydrogens (tertiary/aromatic N) is 1. The van der Waals surface area contributed by atoms with Crippen molar-refractivity contribution in [1.82, 2.24) is 10.2 Å². The number of likely N-dealkylation sites (N-methyl/N-ethyl adjacent to an activating group) is 1. The highest BCUT2D eigenvalue weighted by atomic mass is 79.9. The van der Waals surface area contributed by atoms with Gasteiger partial charge in [0.15, 0.2) is 0 Å². The third-order valence-electron chi connectivity index (χ3n) is 5.61. The minimum absolute atomic E-state index is 0.0244. The molecule has 2 aromatic rings. The molecule has 1 atom stereocenters. The van der Waals surface area contributed by atoms with E-state index < -0.39 is 0 Å². The maximum atomic E-state index is 10.5. The molecule has 2 aromatic carbocycles. The molecule has 0 amide bonds. The first-order chi connectivity index (χ1) is 13.3. The third-order valence-corrected chi connectivity index (χ3v) is 6.11. The van der Waals surface area contributed by atoms with Crippen molar-refractivity contribution in [3.63, 3.8) is 0 Å². The minimum atomic E-state index is -0.378. The van der Waals surface area contributed by atoms with E-state index in [0.717, 1.165) is 17.4 Å². The van der Waals surface area contributed by atoms with Crippen molar-refractivity contribution in [1.29, 1.82) is 0 Å². The maximum Gasteiger partial charge on any atom is 0.0791 e. The van der Waals surface area contributed by atoms with Crippen LogP contribution >= 0.6 is 15.9 Å². The van der Waals surface area contributed by atoms with Crippen molar-refractivity contribution >= 4 is 15.9 Å². The SMILES string of the molecule is CN(Cc1cccc(Br)c1)C[C@H](O)CNC(C)(C)CC1Cc2ccccc2C1. The van der Waals surface area contributed by atoms with E-state index >= 15 is 0 Å². The number of hydrogen-bond acceptors (Lipinski definition) is 3. The van der Waals surface area contributed by atoms with E-state index in [2.05, 4.69) is 89.5 Å². The van der Waals surface area contributed by atoms with Crippen molar-refractivity contribution in [2.75, 3.05) is 20.1 Å². The topological polar surface area (TPSA) is 35.5 Å². The summed E-state index contributed by atoms with van der Waals surface area (Å²) in [4.78, 5) is 2.18. The fourth-order valence-electron chi connectivity index (χ4n) is 4.42. The highest BCUT2D eigenvalue weighted by molar-refractivity contribution is 9.10. The van der Waals surface area contributed by atoms with Crippen LogP contribution in [0.25, 0.3) is 0 Å². The highest BCUT2D eigenvalue weighted by Crippen LogP contribution is 2.31. The molecule has 0 spiro atoms. The standard InChI is InChI=1S/C24H33BrN2O/c1-24(2,14-19-11-20-8-4-5-9-21(20)12-19)26-15-23(28)17-27(3)16-18-7-6-10-22(25)13-18/h4-10,13,19,23,26,28H,11-12,14-17H2,1-3H3/t23-/m1/s1. The molecular weight excluding hydrogens is 412 g/mol. The lowest BCUT2D eigenvalue weighted by atomic mass is 9.88. The highest BCUT2D eigenvalue weighted by Gasteiger charge is 2.28. The van der Waals surface area contributed by atoms with Crippen LogP contribution in [-0.2, 0) is 19.4 Å². The molecule has 28 heavy (non-hydrogen) atoms. The Morgan fingerprint density at radius 2 is 1.82 bits per heavy atom. The molecule has 1 aliphatic carbocycles. The van der Waals surface area contributed by atoms with Gasteiger partial charge in [-0.2, -0.15) is 0 Å². The predicted molar refractivity (Wildman–Crippen MR) is 121 cm³/mol. The first-order valence-electron chi connectivity index (χ1n) is 10.2. The van der Waals surface area contributed by atoms with Crippen LogP contribution in [0.1, 0.15) is 37.0 Å². The summed E-state index contributed by atoms with van der Waals surface area (Å²) >= 11 is 3.52. The largest absolute Gasteiger partial charge is 0.390 e. The van der Waals surface area contributed by atoms with Gasteiger partial charge in [0.25, 0.3) is 0 Å². The van der Waals surface area contributed by atoms with Crippen molar-refractivity contribution in [3.8, 4) is 0 Å². The van der Waals surface area contributed by atoms with E-state index in [0.29, 0.717) is 19.0 Å². The van der Waals surface area contributed by atoms with Crippen molar-refractivity contribution < 1.29 is 5.11 Å². The van der Waals surface area contributed by atoms with Gasteiger partial charge in [-0.3, -0.25) is 4.90 Å². The first-order valence-corrected chi connectivity index (χ1v) is 11.0. The Labute approximate surface area is 178 Å². The van der Waals surface area contributed by atoms with Gasteiger partial charge in [0.1, 0.15) is 0 Å². The Morgan fingerprint density at radius 1 is 1.14 bits per heavy atom. The van der Waals surface area contributed by atoms with Gasteiger partial charge in [0, 0.05) is 29.6 Å². The van der Waals surface area contributed by atoms with Crippen molar-refractivity contribution in [2.45, 2.75) is 51.3 Å². The molecule has 0 fully saturated rings. The summed E-state index contributed by atoms with van der Waals surface area (Å²) in [7, 11) is 2.06. The second-order valence-corrected chi connectivity index (χ2v) is 9.91. The average Bonchev–Trinajstić information content (AvgIpc) is 3.01. The monoisotopic (exact) mass is 444 g/mol. The molecule has 0 heterocycles. The van der Waals surface area contributed by atoms with Crippen LogP contribution in [0, 0.1) is 5.92 Å². The molecule has 0 saturated carbocycles. The Kier molecular flexibility index (Phi) is 7.32. The lowest BCUT2D eigenvalue weighted by Crippen LogP contribution is -2.47. The first kappa shape index (κ1) is 21.5. The molecule has 0 aromatic heterocycles. The van der Waals surface area contributed by atoms with E-state index in [-0.39, 0.29) is 11.6 Å². The lowest BCUT2D eigenvalue weighted by molar-refractivity contribution is 0.110. The van der Waals surface area contributed by atoms with Crippen LogP contribution in [0.2, 0.25) is 0 Å². The number of nitrogens with one attached hydrogen (secondary N) is 1. The Morgan fingerprint density at radius 3 is 2.46 bits per heavy atom. The normalized spacial score (nSPS) is 15.8. The zero-order valence-electron chi connectivity index (χ0n) is 17.3. The van der Waals surface area contributed by atoms with Gasteiger partial charge < -0.3 is 10.4 Å². The summed E-state index contributed by atoms with van der Waals surface area (Å²) in [6, 6.07) is 17.2. The molecule has 4 heteroatoms. The molecule has 152 valence electrons. The zero-order chi connectivity index (χ0) is 20.1. The summed E-state index contributed by atoms with van der Waals surface area (Å²) in [5.41, 5.74) is 4.30. The van der Waals surface area contributed by atoms with Gasteiger partial charge in [-0.1, -0.05) is 52.3 Å². The number of fused-ring (bicyclic) bond motifs is 1. The van der Waals surface area contributed by atoms with Crippen LogP contribution in [0.15, 0.2) is 53.0 Å². The van der Waals surface area contributed by atoms with E-state index in [9.17, 15) is 5.11 Å². The molecule has 3 nitrogen and oxygen atoms in total. The Bertz CT molecular complexity index is 752. The van der Waals surface area contributed by atoms with Crippen molar-refractivity contribution in [3.05, 3.63) is 69.7 Å². The summed E-state index contributed by atoms with van der Waals surface area (Å²) in [5, 5.41) is 14.1. The molecule has 0 saturated heterocycles. The molecule has 2 N–H and O–H groups in total. The number of benzene rings is 2. The number of rotatable bonds is 9. The van der Waals surface area contributed by atoms with E-state index in [1.54, 1.807) is 0 Å². The number of aliphatic hydroxyl groups is 1. The second kappa shape index (κ2) is 9.53. The molecule has 0 bridgehead atoms. The Balaban J connectivity index is 1.41. The number of halogens is 1. The van der Waals surface area contributed by atoms with Crippen LogP contribution in [0.4, 0.5) is 0 Å². The number of aliphatic hydroxyl groups excluding tert-OH is 1. The quantitative estimate of drug-likeness (QED) is 0.600. The van der Waals surface area contributed by atoms with Crippen LogP contribution in [0.3, 0.4) is 0 Å². The molecule has 0 aliphatic heterocycles. The maximum absolute atomic E-state index is 10.5. The average molecular weight is 445 g/mol. The molecule has 3 rings (SSSR count). The summed E-state index contributed by atoms with van der Waals surface area (Å²) in [6.45, 7) is 6.63. The van der Waals surface area contributed by atoms with Gasteiger partial charge in [0.2, 0.25) is 0 Å². The van der Waals surface area contributed by atoms with Gasteiger partial charge >= 0.3 is 0 Å². The minimum Gasteiger partial charge on any atom is -0.390 e. The Hall–Kier alpha value is -1.20. The smallest absolute Gasteiger partial charge is 0.0791 e. The fourth-order valence-corrected chi connectivity index (χ4v) is 4.86. The van der Waals surface area contributed by atoms with E-state index in [1.165, 1.54) is 29.5 Å². The van der Waals surface area contributed by atoms with Gasteiger partial charge in [-0.15, -0.1) is 0 Å². The van der Waals surface area contributed by atoms with Gasteiger partial charge in [-0.25, -0.2) is 0 Å². The predicted octanol–water partition coefficient (Wildman–Crippen LogP) is 4.42. The van der Waals surface area contributed by atoms with Gasteiger partial charge in [0.05, 0.1) is 6.10 Å². The zero-order valence-corrected chi connectivity index (χ0v) is 18.9. The second-order valence-electron chi connectivity index (χ2n) is 8.99. The molecule has 1 aliphatic rings. The van der Waals surface area contributed by atoms with E-state index in [4.69, 9.17) is 0 Å².